The van der Waals surface area contributed by atoms with Crippen LogP contribution < -0.4 is 4.90 Å². The zero-order chi connectivity index (χ0) is 18.5. The molecule has 3 rings (SSSR count). The quantitative estimate of drug-likeness (QED) is 0.520. The van der Waals surface area contributed by atoms with Crippen LogP contribution in [0.4, 0.5) is 5.69 Å². The number of rotatable bonds is 6. The number of aromatic nitrogens is 1. The number of nitrogens with zero attached hydrogens (tertiary/aromatic N) is 3. The summed E-state index contributed by atoms with van der Waals surface area (Å²) < 4.78 is 1.87. The molecule has 0 saturated heterocycles. The number of para-hydroxylation sites is 1. The van der Waals surface area contributed by atoms with E-state index in [0.29, 0.717) is 11.6 Å². The largest absolute Gasteiger partial charge is 0.310 e. The lowest BCUT2D eigenvalue weighted by Crippen LogP contribution is -2.37. The van der Waals surface area contributed by atoms with Crippen molar-refractivity contribution < 1.29 is 4.79 Å². The first-order valence-electron chi connectivity index (χ1n) is 8.04. The highest BCUT2D eigenvalue weighted by molar-refractivity contribution is 8.02. The van der Waals surface area contributed by atoms with Crippen molar-refractivity contribution in [3.63, 3.8) is 0 Å². The lowest BCUT2D eigenvalue weighted by molar-refractivity contribution is -0.117. The van der Waals surface area contributed by atoms with E-state index in [4.69, 9.17) is 16.9 Å². The van der Waals surface area contributed by atoms with Crippen LogP contribution in [0, 0.1) is 11.3 Å². The van der Waals surface area contributed by atoms with Crippen molar-refractivity contribution in [1.29, 1.82) is 5.26 Å². The van der Waals surface area contributed by atoms with Crippen molar-refractivity contribution >= 4 is 56.5 Å². The van der Waals surface area contributed by atoms with Gasteiger partial charge < -0.3 is 4.90 Å². The summed E-state index contributed by atoms with van der Waals surface area (Å²) in [5.74, 6) is -0.0336. The maximum atomic E-state index is 13.0. The van der Waals surface area contributed by atoms with Gasteiger partial charge in [0.2, 0.25) is 5.91 Å². The third kappa shape index (κ3) is 4.36. The third-order valence-corrected chi connectivity index (χ3v) is 6.19. The molecule has 1 aromatic heterocycles. The van der Waals surface area contributed by atoms with Crippen LogP contribution >= 0.6 is 34.7 Å². The van der Waals surface area contributed by atoms with Crippen LogP contribution in [0.25, 0.3) is 10.2 Å². The molecule has 1 heterocycles. The number of benzene rings is 2. The van der Waals surface area contributed by atoms with Gasteiger partial charge in [0.1, 0.15) is 0 Å². The van der Waals surface area contributed by atoms with Gasteiger partial charge in [-0.1, -0.05) is 41.6 Å². The Bertz CT molecular complexity index is 952. The number of fused-ring (bicyclic) bond motifs is 1. The molecule has 1 atom stereocenters. The molecule has 132 valence electrons. The normalized spacial score (nSPS) is 11.9. The van der Waals surface area contributed by atoms with Crippen LogP contribution in [-0.2, 0) is 4.79 Å². The molecule has 0 fully saturated rings. The van der Waals surface area contributed by atoms with E-state index < -0.39 is 0 Å². The van der Waals surface area contributed by atoms with Crippen LogP contribution in [0.3, 0.4) is 0 Å². The second-order valence-corrected chi connectivity index (χ2v) is 8.64. The molecule has 0 aliphatic heterocycles. The number of thiazole rings is 1. The smallest absolute Gasteiger partial charge is 0.240 e. The van der Waals surface area contributed by atoms with E-state index in [-0.39, 0.29) is 17.6 Å². The lowest BCUT2D eigenvalue weighted by atomic mass is 10.2. The number of hydrogen-bond acceptors (Lipinski definition) is 5. The number of hydrogen-bond donors (Lipinski definition) is 0. The molecule has 26 heavy (non-hydrogen) atoms. The van der Waals surface area contributed by atoms with Crippen LogP contribution in [0.15, 0.2) is 52.9 Å². The van der Waals surface area contributed by atoms with Gasteiger partial charge in [-0.25, -0.2) is 4.98 Å². The molecule has 3 aromatic rings. The highest BCUT2D eigenvalue weighted by Gasteiger charge is 2.23. The number of anilines is 1. The Morgan fingerprint density at radius 3 is 2.85 bits per heavy atom. The van der Waals surface area contributed by atoms with Gasteiger partial charge in [-0.15, -0.1) is 11.3 Å². The Labute approximate surface area is 165 Å². The maximum absolute atomic E-state index is 13.0. The van der Waals surface area contributed by atoms with Crippen molar-refractivity contribution in [2.45, 2.75) is 22.9 Å². The number of thioether (sulfide) groups is 1. The fraction of sp³-hybridized carbons (Fsp3) is 0.211. The predicted molar refractivity (Wildman–Crippen MR) is 109 cm³/mol. The highest BCUT2D eigenvalue weighted by Crippen LogP contribution is 2.34. The maximum Gasteiger partial charge on any atom is 0.240 e. The molecule has 0 spiro atoms. The molecule has 0 aliphatic carbocycles. The van der Waals surface area contributed by atoms with Gasteiger partial charge in [0.05, 0.1) is 28.0 Å². The van der Waals surface area contributed by atoms with E-state index in [0.717, 1.165) is 20.2 Å². The monoisotopic (exact) mass is 401 g/mol. The minimum absolute atomic E-state index is 0.0336. The SMILES string of the molecule is C[C@@H](Sc1nc2cc(Cl)ccc2s1)C(=O)N(CCC#N)c1ccccc1. The van der Waals surface area contributed by atoms with Crippen LogP contribution in [0.5, 0.6) is 0 Å². The summed E-state index contributed by atoms with van der Waals surface area (Å²) in [6, 6.07) is 17.2. The molecular formula is C19H16ClN3OS2. The first-order chi connectivity index (χ1) is 12.6. The van der Waals surface area contributed by atoms with Gasteiger partial charge in [0.25, 0.3) is 0 Å². The fourth-order valence-electron chi connectivity index (χ4n) is 2.49. The summed E-state index contributed by atoms with van der Waals surface area (Å²) in [5.41, 5.74) is 1.64. The third-order valence-electron chi connectivity index (χ3n) is 3.74. The number of amides is 1. The molecule has 0 aliphatic rings. The van der Waals surface area contributed by atoms with Gasteiger partial charge in [-0.3, -0.25) is 4.79 Å². The Kier molecular flexibility index (Phi) is 6.15. The summed E-state index contributed by atoms with van der Waals surface area (Å²) in [5, 5.41) is 9.24. The molecule has 1 amide bonds. The highest BCUT2D eigenvalue weighted by atomic mass is 35.5. The van der Waals surface area contributed by atoms with E-state index in [1.807, 2.05) is 55.5 Å². The molecule has 0 bridgehead atoms. The second-order valence-electron chi connectivity index (χ2n) is 5.59. The van der Waals surface area contributed by atoms with E-state index in [2.05, 4.69) is 11.1 Å². The Hall–Kier alpha value is -2.07. The Balaban J connectivity index is 1.78. The summed E-state index contributed by atoms with van der Waals surface area (Å²) in [6.45, 7) is 2.24. The fourth-order valence-corrected chi connectivity index (χ4v) is 4.91. The summed E-state index contributed by atoms with van der Waals surface area (Å²) in [4.78, 5) is 19.2. The topological polar surface area (TPSA) is 57.0 Å². The van der Waals surface area contributed by atoms with Crippen LogP contribution in [-0.4, -0.2) is 22.7 Å². The Morgan fingerprint density at radius 2 is 2.12 bits per heavy atom. The zero-order valence-electron chi connectivity index (χ0n) is 14.1. The zero-order valence-corrected chi connectivity index (χ0v) is 16.4. The molecule has 4 nitrogen and oxygen atoms in total. The number of carbonyl (C=O) groups excluding carboxylic acids is 1. The molecular weight excluding hydrogens is 386 g/mol. The average Bonchev–Trinajstić information content (AvgIpc) is 3.04. The minimum Gasteiger partial charge on any atom is -0.310 e. The van der Waals surface area contributed by atoms with Crippen molar-refractivity contribution in [3.8, 4) is 6.07 Å². The van der Waals surface area contributed by atoms with Crippen molar-refractivity contribution in [2.75, 3.05) is 11.4 Å². The standard InChI is InChI=1S/C19H16ClN3OS2/c1-13(25-19-22-16-12-14(20)8-9-17(16)26-19)18(24)23(11-5-10-21)15-6-3-2-4-7-15/h2-4,6-9,12-13H,5,11H2,1H3/t13-/m1/s1. The molecule has 7 heteroatoms. The summed E-state index contributed by atoms with van der Waals surface area (Å²) in [7, 11) is 0. The molecule has 0 N–H and O–H groups in total. The minimum atomic E-state index is -0.315. The molecule has 2 aromatic carbocycles. The molecule has 0 unspecified atom stereocenters. The van der Waals surface area contributed by atoms with Gasteiger partial charge in [-0.2, -0.15) is 5.26 Å². The van der Waals surface area contributed by atoms with Gasteiger partial charge in [0.15, 0.2) is 4.34 Å². The van der Waals surface area contributed by atoms with Gasteiger partial charge in [0, 0.05) is 17.3 Å². The van der Waals surface area contributed by atoms with Crippen LogP contribution in [0.2, 0.25) is 5.02 Å². The van der Waals surface area contributed by atoms with Gasteiger partial charge >= 0.3 is 0 Å². The summed E-state index contributed by atoms with van der Waals surface area (Å²) >= 11 is 8.99. The van der Waals surface area contributed by atoms with Crippen molar-refractivity contribution in [1.82, 2.24) is 4.98 Å². The number of nitriles is 1. The van der Waals surface area contributed by atoms with E-state index in [1.54, 1.807) is 16.2 Å². The predicted octanol–water partition coefficient (Wildman–Crippen LogP) is 5.38. The van der Waals surface area contributed by atoms with E-state index in [9.17, 15) is 4.79 Å². The van der Waals surface area contributed by atoms with Crippen molar-refractivity contribution in [2.24, 2.45) is 0 Å². The average molecular weight is 402 g/mol. The molecule has 0 saturated carbocycles. The van der Waals surface area contributed by atoms with Gasteiger partial charge in [-0.05, 0) is 37.3 Å². The van der Waals surface area contributed by atoms with Crippen molar-refractivity contribution in [3.05, 3.63) is 53.6 Å². The number of carbonyl (C=O) groups is 1. The van der Waals surface area contributed by atoms with Crippen LogP contribution in [0.1, 0.15) is 13.3 Å². The first kappa shape index (κ1) is 18.7. The summed E-state index contributed by atoms with van der Waals surface area (Å²) in [6.07, 6.45) is 0.289. The Morgan fingerprint density at radius 1 is 1.35 bits per heavy atom. The lowest BCUT2D eigenvalue weighted by Gasteiger charge is -2.24. The molecule has 0 radical (unpaired) electrons. The first-order valence-corrected chi connectivity index (χ1v) is 10.1. The number of halogens is 1. The van der Waals surface area contributed by atoms with E-state index in [1.165, 1.54) is 11.8 Å². The van der Waals surface area contributed by atoms with E-state index >= 15 is 0 Å². The second kappa shape index (κ2) is 8.54.